The first-order valence-electron chi connectivity index (χ1n) is 4.58. The van der Waals surface area contributed by atoms with Crippen molar-refractivity contribution in [3.8, 4) is 0 Å². The molecule has 2 fully saturated rings. The van der Waals surface area contributed by atoms with Crippen molar-refractivity contribution < 1.29 is 0 Å². The van der Waals surface area contributed by atoms with E-state index in [4.69, 9.17) is 11.6 Å². The molecule has 13 heavy (non-hydrogen) atoms. The molecule has 1 spiro atoms. The lowest BCUT2D eigenvalue weighted by atomic mass is 10.1. The molecule has 3 atom stereocenters. The predicted octanol–water partition coefficient (Wildman–Crippen LogP) is 3.89. The van der Waals surface area contributed by atoms with Crippen LogP contribution in [-0.2, 0) is 0 Å². The molecule has 0 bridgehead atoms. The average molecular weight is 258 g/mol. The minimum Gasteiger partial charge on any atom is -0.106 e. The van der Waals surface area contributed by atoms with E-state index in [1.165, 1.54) is 12.0 Å². The van der Waals surface area contributed by atoms with Gasteiger partial charge in [0.2, 0.25) is 0 Å². The lowest BCUT2D eigenvalue weighted by Crippen LogP contribution is -1.91. The summed E-state index contributed by atoms with van der Waals surface area (Å²) in [6.45, 7) is 0. The van der Waals surface area contributed by atoms with Crippen molar-refractivity contribution in [2.45, 2.75) is 22.5 Å². The average Bonchev–Trinajstić information content (AvgIpc) is 2.93. The largest absolute Gasteiger partial charge is 0.106 e. The van der Waals surface area contributed by atoms with Gasteiger partial charge in [-0.2, -0.15) is 0 Å². The Balaban J connectivity index is 1.86. The Morgan fingerprint density at radius 1 is 1.31 bits per heavy atom. The molecule has 1 aromatic carbocycles. The van der Waals surface area contributed by atoms with Crippen LogP contribution in [0.3, 0.4) is 0 Å². The third-order valence-corrected chi connectivity index (χ3v) is 5.00. The van der Waals surface area contributed by atoms with Crippen molar-refractivity contribution in [1.29, 1.82) is 0 Å². The first-order valence-corrected chi connectivity index (χ1v) is 5.76. The van der Waals surface area contributed by atoms with E-state index in [0.29, 0.717) is 11.3 Å². The van der Waals surface area contributed by atoms with Crippen LogP contribution in [0.4, 0.5) is 0 Å². The minimum atomic E-state index is -0.0828. The van der Waals surface area contributed by atoms with Gasteiger partial charge in [-0.15, -0.1) is 11.6 Å². The Bertz CT molecular complexity index is 346. The lowest BCUT2D eigenvalue weighted by molar-refractivity contribution is 0.832. The fraction of sp³-hybridized carbons (Fsp3) is 0.455. The highest BCUT2D eigenvalue weighted by Crippen LogP contribution is 2.84. The van der Waals surface area contributed by atoms with Crippen molar-refractivity contribution in [3.63, 3.8) is 0 Å². The number of rotatable bonds is 1. The maximum Gasteiger partial charge on any atom is 0.106 e. The maximum atomic E-state index is 6.26. The number of alkyl halides is 2. The zero-order valence-corrected chi connectivity index (χ0v) is 9.48. The fourth-order valence-electron chi connectivity index (χ4n) is 2.38. The summed E-state index contributed by atoms with van der Waals surface area (Å²) in [6, 6.07) is 10.7. The minimum absolute atomic E-state index is 0.0828. The van der Waals surface area contributed by atoms with E-state index in [9.17, 15) is 0 Å². The van der Waals surface area contributed by atoms with Crippen molar-refractivity contribution in [1.82, 2.24) is 0 Å². The van der Waals surface area contributed by atoms with E-state index >= 15 is 0 Å². The van der Waals surface area contributed by atoms with Crippen LogP contribution in [0.1, 0.15) is 24.3 Å². The highest BCUT2D eigenvalue weighted by Gasteiger charge is 2.78. The monoisotopic (exact) mass is 256 g/mol. The topological polar surface area (TPSA) is 0 Å². The Kier molecular flexibility index (Phi) is 1.48. The van der Waals surface area contributed by atoms with Gasteiger partial charge in [-0.1, -0.05) is 46.3 Å². The van der Waals surface area contributed by atoms with E-state index in [2.05, 4.69) is 46.3 Å². The van der Waals surface area contributed by atoms with Gasteiger partial charge in [0.05, 0.1) is 0 Å². The number of hydrogen-bond donors (Lipinski definition) is 0. The molecule has 0 aliphatic heterocycles. The van der Waals surface area contributed by atoms with E-state index in [0.717, 1.165) is 6.42 Å². The Morgan fingerprint density at radius 3 is 2.38 bits per heavy atom. The van der Waals surface area contributed by atoms with Crippen LogP contribution < -0.4 is 0 Å². The summed E-state index contributed by atoms with van der Waals surface area (Å²) in [5.41, 5.74) is 1.85. The second-order valence-electron chi connectivity index (χ2n) is 4.20. The van der Waals surface area contributed by atoms with Gasteiger partial charge in [0.15, 0.2) is 0 Å². The zero-order chi connectivity index (χ0) is 9.10. The molecular formula is C11H10BrCl. The molecular weight excluding hydrogens is 247 g/mol. The van der Waals surface area contributed by atoms with Crippen LogP contribution in [0, 0.1) is 5.41 Å². The van der Waals surface area contributed by atoms with Crippen LogP contribution in [0.25, 0.3) is 0 Å². The Morgan fingerprint density at radius 2 is 1.92 bits per heavy atom. The number of benzene rings is 1. The van der Waals surface area contributed by atoms with Gasteiger partial charge >= 0.3 is 0 Å². The van der Waals surface area contributed by atoms with Gasteiger partial charge in [-0.25, -0.2) is 0 Å². The highest BCUT2D eigenvalue weighted by atomic mass is 79.9. The van der Waals surface area contributed by atoms with Crippen molar-refractivity contribution in [2.24, 2.45) is 5.41 Å². The first kappa shape index (κ1) is 8.31. The van der Waals surface area contributed by atoms with Gasteiger partial charge < -0.3 is 0 Å². The molecule has 2 heteroatoms. The first-order chi connectivity index (χ1) is 6.16. The summed E-state index contributed by atoms with van der Waals surface area (Å²) < 4.78 is -0.0828. The second-order valence-corrected chi connectivity index (χ2v) is 6.66. The summed E-state index contributed by atoms with van der Waals surface area (Å²) in [5.74, 6) is 0.700. The molecule has 2 aliphatic rings. The summed E-state index contributed by atoms with van der Waals surface area (Å²) in [5, 5.41) is 0. The van der Waals surface area contributed by atoms with Gasteiger partial charge in [0.1, 0.15) is 3.78 Å². The molecule has 68 valence electrons. The van der Waals surface area contributed by atoms with E-state index in [-0.39, 0.29) is 3.78 Å². The fourth-order valence-corrected chi connectivity index (χ4v) is 3.76. The molecule has 0 saturated heterocycles. The summed E-state index contributed by atoms with van der Waals surface area (Å²) in [7, 11) is 0. The SMILES string of the molecule is ClC1(Br)CC12CC2c1ccccc1. The number of hydrogen-bond acceptors (Lipinski definition) is 0. The maximum absolute atomic E-state index is 6.26. The quantitative estimate of drug-likeness (QED) is 0.670. The Labute approximate surface area is 91.4 Å². The lowest BCUT2D eigenvalue weighted by Gasteiger charge is -1.99. The van der Waals surface area contributed by atoms with Gasteiger partial charge in [-0.3, -0.25) is 0 Å². The van der Waals surface area contributed by atoms with Crippen LogP contribution in [-0.4, -0.2) is 3.78 Å². The summed E-state index contributed by atoms with van der Waals surface area (Å²) in [4.78, 5) is 0. The smallest absolute Gasteiger partial charge is 0.106 e. The van der Waals surface area contributed by atoms with E-state index < -0.39 is 0 Å². The molecule has 0 N–H and O–H groups in total. The molecule has 0 amide bonds. The molecule has 0 heterocycles. The highest BCUT2D eigenvalue weighted by molar-refractivity contribution is 9.10. The molecule has 0 nitrogen and oxygen atoms in total. The van der Waals surface area contributed by atoms with Crippen molar-refractivity contribution >= 4 is 27.5 Å². The van der Waals surface area contributed by atoms with Crippen molar-refractivity contribution in [2.75, 3.05) is 0 Å². The molecule has 0 radical (unpaired) electrons. The second kappa shape index (κ2) is 2.32. The molecule has 0 aromatic heterocycles. The van der Waals surface area contributed by atoms with Gasteiger partial charge in [-0.05, 0) is 24.3 Å². The molecule has 2 aliphatic carbocycles. The Hall–Kier alpha value is -0.0100. The normalized spacial score (nSPS) is 46.5. The zero-order valence-electron chi connectivity index (χ0n) is 7.13. The van der Waals surface area contributed by atoms with Crippen LogP contribution in [0.15, 0.2) is 30.3 Å². The van der Waals surface area contributed by atoms with Crippen LogP contribution in [0.2, 0.25) is 0 Å². The molecule has 3 unspecified atom stereocenters. The predicted molar refractivity (Wildman–Crippen MR) is 58.4 cm³/mol. The number of halogens is 2. The molecule has 2 saturated carbocycles. The van der Waals surface area contributed by atoms with Crippen LogP contribution in [0.5, 0.6) is 0 Å². The van der Waals surface area contributed by atoms with E-state index in [1.54, 1.807) is 0 Å². The van der Waals surface area contributed by atoms with Crippen LogP contribution >= 0.6 is 27.5 Å². The van der Waals surface area contributed by atoms with Gasteiger partial charge in [0, 0.05) is 5.41 Å². The third kappa shape index (κ3) is 1.04. The summed E-state index contributed by atoms with van der Waals surface area (Å²) in [6.07, 6.45) is 2.38. The van der Waals surface area contributed by atoms with Gasteiger partial charge in [0.25, 0.3) is 0 Å². The molecule has 3 rings (SSSR count). The van der Waals surface area contributed by atoms with Crippen molar-refractivity contribution in [3.05, 3.63) is 35.9 Å². The molecule has 1 aromatic rings. The van der Waals surface area contributed by atoms with E-state index in [1.807, 2.05) is 0 Å². The third-order valence-electron chi connectivity index (χ3n) is 3.42. The summed E-state index contributed by atoms with van der Waals surface area (Å²) >= 11 is 9.83. The standard InChI is InChI=1S/C11H10BrCl/c12-11(13)7-10(11)6-9(10)8-4-2-1-3-5-8/h1-5,9H,6-7H2.